The molecule has 17 heavy (non-hydrogen) atoms. The van der Waals surface area contributed by atoms with Crippen molar-refractivity contribution in [2.75, 3.05) is 26.2 Å². The highest BCUT2D eigenvalue weighted by molar-refractivity contribution is 5.83. The molecule has 6 nitrogen and oxygen atoms in total. The summed E-state index contributed by atoms with van der Waals surface area (Å²) in [6, 6.07) is 0. The number of carbonyl (C=O) groups is 2. The van der Waals surface area contributed by atoms with Gasteiger partial charge >= 0.3 is 5.97 Å². The fourth-order valence-electron chi connectivity index (χ4n) is 1.75. The smallest absolute Gasteiger partial charge is 0.329 e. The van der Waals surface area contributed by atoms with Crippen molar-refractivity contribution < 1.29 is 19.4 Å². The first kappa shape index (κ1) is 13.9. The Kier molecular flexibility index (Phi) is 3.78. The molecule has 98 valence electrons. The van der Waals surface area contributed by atoms with Crippen molar-refractivity contribution in [2.24, 2.45) is 11.1 Å². The molecule has 0 atom stereocenters. The molecule has 0 radical (unpaired) electrons. The van der Waals surface area contributed by atoms with Crippen molar-refractivity contribution in [3.63, 3.8) is 0 Å². The molecular weight excluding hydrogens is 224 g/mol. The molecule has 0 unspecified atom stereocenters. The van der Waals surface area contributed by atoms with Crippen LogP contribution in [0.4, 0.5) is 0 Å². The maximum absolute atomic E-state index is 12.0. The summed E-state index contributed by atoms with van der Waals surface area (Å²) < 4.78 is 5.23. The molecule has 1 saturated heterocycles. The van der Waals surface area contributed by atoms with Crippen molar-refractivity contribution in [3.8, 4) is 0 Å². The van der Waals surface area contributed by atoms with E-state index in [-0.39, 0.29) is 19.1 Å². The highest BCUT2D eigenvalue weighted by atomic mass is 16.5. The Morgan fingerprint density at radius 1 is 1.47 bits per heavy atom. The Labute approximate surface area is 101 Å². The van der Waals surface area contributed by atoms with E-state index in [1.54, 1.807) is 25.7 Å². The van der Waals surface area contributed by atoms with Crippen molar-refractivity contribution in [1.29, 1.82) is 0 Å². The maximum atomic E-state index is 12.0. The zero-order chi connectivity index (χ0) is 13.3. The van der Waals surface area contributed by atoms with E-state index in [1.165, 1.54) is 0 Å². The fraction of sp³-hybridized carbons (Fsp3) is 0.818. The molecule has 6 heteroatoms. The van der Waals surface area contributed by atoms with E-state index in [1.807, 2.05) is 0 Å². The number of carboxylic acids is 1. The maximum Gasteiger partial charge on any atom is 0.329 e. The quantitative estimate of drug-likeness (QED) is 0.691. The summed E-state index contributed by atoms with van der Waals surface area (Å²) in [7, 11) is 0. The average Bonchev–Trinajstić information content (AvgIpc) is 2.21. The van der Waals surface area contributed by atoms with Crippen molar-refractivity contribution in [3.05, 3.63) is 0 Å². The van der Waals surface area contributed by atoms with Gasteiger partial charge in [-0.25, -0.2) is 4.79 Å². The summed E-state index contributed by atoms with van der Waals surface area (Å²) in [5, 5.41) is 8.52. The van der Waals surface area contributed by atoms with Crippen LogP contribution in [-0.4, -0.2) is 53.7 Å². The third-order valence-electron chi connectivity index (χ3n) is 2.97. The minimum Gasteiger partial charge on any atom is -0.480 e. The lowest BCUT2D eigenvalue weighted by molar-refractivity contribution is -0.178. The molecule has 3 N–H and O–H groups in total. The van der Waals surface area contributed by atoms with Crippen molar-refractivity contribution >= 4 is 11.9 Å². The van der Waals surface area contributed by atoms with Gasteiger partial charge in [-0.1, -0.05) is 0 Å². The Morgan fingerprint density at radius 2 is 2.00 bits per heavy atom. The minimum atomic E-state index is -1.00. The number of carbonyl (C=O) groups excluding carboxylic acids is 1. The first-order chi connectivity index (χ1) is 7.70. The van der Waals surface area contributed by atoms with Gasteiger partial charge in [0.25, 0.3) is 0 Å². The molecule has 0 spiro atoms. The third kappa shape index (κ3) is 3.17. The Balaban J connectivity index is 2.45. The van der Waals surface area contributed by atoms with E-state index >= 15 is 0 Å². The molecule has 1 amide bonds. The number of nitrogens with zero attached hydrogens (tertiary/aromatic N) is 1. The molecule has 1 aliphatic heterocycles. The number of amides is 1. The number of aliphatic carboxylic acids is 1. The number of hydrogen-bond acceptors (Lipinski definition) is 4. The number of ether oxygens (including phenoxy) is 1. The van der Waals surface area contributed by atoms with Crippen LogP contribution in [0.25, 0.3) is 0 Å². The SMILES string of the molecule is CC1(OCC(=O)O)CN(C(=O)C(C)(C)CN)C1. The van der Waals surface area contributed by atoms with Crippen LogP contribution in [0.3, 0.4) is 0 Å². The number of nitrogens with two attached hydrogens (primary N) is 1. The highest BCUT2D eigenvalue weighted by Gasteiger charge is 2.45. The second-order valence-electron chi connectivity index (χ2n) is 5.38. The monoisotopic (exact) mass is 244 g/mol. The van der Waals surface area contributed by atoms with Gasteiger partial charge in [0.1, 0.15) is 12.2 Å². The van der Waals surface area contributed by atoms with E-state index in [2.05, 4.69) is 0 Å². The number of hydrogen-bond donors (Lipinski definition) is 2. The van der Waals surface area contributed by atoms with Crippen LogP contribution in [0.1, 0.15) is 20.8 Å². The van der Waals surface area contributed by atoms with Gasteiger partial charge in [-0.2, -0.15) is 0 Å². The Bertz CT molecular complexity index is 321. The van der Waals surface area contributed by atoms with Crippen LogP contribution in [0, 0.1) is 5.41 Å². The van der Waals surface area contributed by atoms with Crippen LogP contribution in [0.2, 0.25) is 0 Å². The standard InChI is InChI=1S/C11H20N2O4/c1-10(2,5-12)9(16)13-6-11(3,7-13)17-4-8(14)15/h4-7,12H2,1-3H3,(H,14,15). The summed E-state index contributed by atoms with van der Waals surface area (Å²) in [5.41, 5.74) is 4.42. The molecule has 1 heterocycles. The van der Waals surface area contributed by atoms with E-state index < -0.39 is 17.0 Å². The summed E-state index contributed by atoms with van der Waals surface area (Å²) in [4.78, 5) is 24.0. The lowest BCUT2D eigenvalue weighted by Gasteiger charge is -2.49. The zero-order valence-corrected chi connectivity index (χ0v) is 10.5. The predicted octanol–water partition coefficient (Wildman–Crippen LogP) is -0.327. The molecular formula is C11H20N2O4. The van der Waals surface area contributed by atoms with E-state index in [4.69, 9.17) is 15.6 Å². The second-order valence-corrected chi connectivity index (χ2v) is 5.38. The summed E-state index contributed by atoms with van der Waals surface area (Å²) in [6.45, 7) is 6.18. The second kappa shape index (κ2) is 4.62. The van der Waals surface area contributed by atoms with E-state index in [9.17, 15) is 9.59 Å². The Morgan fingerprint density at radius 3 is 2.41 bits per heavy atom. The van der Waals surface area contributed by atoms with Crippen LogP contribution in [0.5, 0.6) is 0 Å². The number of carboxylic acid groups (broad SMARTS) is 1. The first-order valence-electron chi connectivity index (χ1n) is 5.55. The van der Waals surface area contributed by atoms with Gasteiger partial charge < -0.3 is 20.5 Å². The van der Waals surface area contributed by atoms with Crippen LogP contribution in [-0.2, 0) is 14.3 Å². The molecule has 1 aliphatic rings. The molecule has 0 aromatic heterocycles. The number of rotatable bonds is 5. The molecule has 0 aliphatic carbocycles. The Hall–Kier alpha value is -1.14. The van der Waals surface area contributed by atoms with Gasteiger partial charge in [0, 0.05) is 6.54 Å². The van der Waals surface area contributed by atoms with Crippen LogP contribution >= 0.6 is 0 Å². The molecule has 0 aromatic carbocycles. The van der Waals surface area contributed by atoms with Gasteiger partial charge in [-0.05, 0) is 20.8 Å². The molecule has 0 aromatic rings. The van der Waals surface area contributed by atoms with Crippen molar-refractivity contribution in [1.82, 2.24) is 4.90 Å². The summed E-state index contributed by atoms with van der Waals surface area (Å²) in [6.07, 6.45) is 0. The summed E-state index contributed by atoms with van der Waals surface area (Å²) >= 11 is 0. The van der Waals surface area contributed by atoms with Crippen molar-refractivity contribution in [2.45, 2.75) is 26.4 Å². The lowest BCUT2D eigenvalue weighted by atomic mass is 9.87. The zero-order valence-electron chi connectivity index (χ0n) is 10.5. The molecule has 1 fully saturated rings. The highest BCUT2D eigenvalue weighted by Crippen LogP contribution is 2.29. The average molecular weight is 244 g/mol. The van der Waals surface area contributed by atoms with Gasteiger partial charge in [-0.15, -0.1) is 0 Å². The molecule has 0 saturated carbocycles. The number of likely N-dealkylation sites (tertiary alicyclic amines) is 1. The first-order valence-corrected chi connectivity index (χ1v) is 5.55. The minimum absolute atomic E-state index is 0.0172. The largest absolute Gasteiger partial charge is 0.480 e. The van der Waals surface area contributed by atoms with Gasteiger partial charge in [0.15, 0.2) is 0 Å². The molecule has 0 bridgehead atoms. The normalized spacial score (nSPS) is 18.7. The summed E-state index contributed by atoms with van der Waals surface area (Å²) in [5.74, 6) is -1.02. The van der Waals surface area contributed by atoms with Gasteiger partial charge in [0.2, 0.25) is 5.91 Å². The predicted molar refractivity (Wildman–Crippen MR) is 61.4 cm³/mol. The van der Waals surface area contributed by atoms with E-state index in [0.29, 0.717) is 13.1 Å². The van der Waals surface area contributed by atoms with Crippen LogP contribution < -0.4 is 5.73 Å². The van der Waals surface area contributed by atoms with E-state index in [0.717, 1.165) is 0 Å². The third-order valence-corrected chi connectivity index (χ3v) is 2.97. The molecule has 1 rings (SSSR count). The topological polar surface area (TPSA) is 92.9 Å². The fourth-order valence-corrected chi connectivity index (χ4v) is 1.75. The van der Waals surface area contributed by atoms with Gasteiger partial charge in [-0.3, -0.25) is 4.79 Å². The van der Waals surface area contributed by atoms with Crippen LogP contribution in [0.15, 0.2) is 0 Å². The van der Waals surface area contributed by atoms with Gasteiger partial charge in [0.05, 0.1) is 18.5 Å². The lowest BCUT2D eigenvalue weighted by Crippen LogP contribution is -2.65.